The average Bonchev–Trinajstić information content (AvgIpc) is 2.17. The molecule has 1 aromatic carbocycles. The summed E-state index contributed by atoms with van der Waals surface area (Å²) in [5, 5.41) is 10.5. The summed E-state index contributed by atoms with van der Waals surface area (Å²) in [6, 6.07) is 7.36. The highest BCUT2D eigenvalue weighted by Crippen LogP contribution is 2.24. The molecule has 0 amide bonds. The second kappa shape index (κ2) is 4.64. The Labute approximate surface area is 84.4 Å². The molecule has 2 heteroatoms. The molecule has 0 bridgehead atoms. The summed E-state index contributed by atoms with van der Waals surface area (Å²) >= 11 is 5.75. The van der Waals surface area contributed by atoms with Crippen LogP contribution in [0.5, 0.6) is 0 Å². The summed E-state index contributed by atoms with van der Waals surface area (Å²) in [7, 11) is 0. The molecule has 0 heterocycles. The van der Waals surface area contributed by atoms with Crippen molar-refractivity contribution in [1.82, 2.24) is 0 Å². The van der Waals surface area contributed by atoms with E-state index in [9.17, 15) is 5.11 Å². The molecule has 2 atom stereocenters. The van der Waals surface area contributed by atoms with Crippen LogP contribution in [0.2, 0.25) is 5.02 Å². The Kier molecular flexibility index (Phi) is 3.76. The van der Waals surface area contributed by atoms with Crippen molar-refractivity contribution >= 4 is 11.6 Å². The first-order chi connectivity index (χ1) is 6.15. The van der Waals surface area contributed by atoms with Crippen molar-refractivity contribution in [1.29, 1.82) is 0 Å². The maximum Gasteiger partial charge on any atom is 0.0815 e. The molecule has 0 spiro atoms. The first-order valence-corrected chi connectivity index (χ1v) is 4.96. The van der Waals surface area contributed by atoms with Gasteiger partial charge in [0.05, 0.1) is 6.10 Å². The molecule has 0 aromatic heterocycles. The van der Waals surface area contributed by atoms with Crippen LogP contribution in [0.25, 0.3) is 0 Å². The summed E-state index contributed by atoms with van der Waals surface area (Å²) in [5.41, 5.74) is 0.943. The SMILES string of the molecule is CCC(C)C(O)c1ccc(Cl)cc1. The van der Waals surface area contributed by atoms with Crippen LogP contribution in [-0.2, 0) is 0 Å². The Morgan fingerprint density at radius 2 is 1.85 bits per heavy atom. The molecule has 0 fully saturated rings. The van der Waals surface area contributed by atoms with E-state index in [4.69, 9.17) is 11.6 Å². The van der Waals surface area contributed by atoms with E-state index in [1.54, 1.807) is 0 Å². The summed E-state index contributed by atoms with van der Waals surface area (Å²) in [6.07, 6.45) is 0.603. The molecule has 13 heavy (non-hydrogen) atoms. The number of hydrogen-bond donors (Lipinski definition) is 1. The summed E-state index contributed by atoms with van der Waals surface area (Å²) in [4.78, 5) is 0. The minimum Gasteiger partial charge on any atom is -0.388 e. The Morgan fingerprint density at radius 1 is 1.31 bits per heavy atom. The van der Waals surface area contributed by atoms with Gasteiger partial charge in [-0.15, -0.1) is 0 Å². The predicted octanol–water partition coefficient (Wildman–Crippen LogP) is 3.42. The van der Waals surface area contributed by atoms with Gasteiger partial charge >= 0.3 is 0 Å². The van der Waals surface area contributed by atoms with Crippen LogP contribution < -0.4 is 0 Å². The van der Waals surface area contributed by atoms with Crippen LogP contribution in [-0.4, -0.2) is 5.11 Å². The van der Waals surface area contributed by atoms with Gasteiger partial charge in [-0.1, -0.05) is 44.0 Å². The molecule has 1 N–H and O–H groups in total. The second-order valence-electron chi connectivity index (χ2n) is 3.38. The van der Waals surface area contributed by atoms with E-state index in [1.165, 1.54) is 0 Å². The van der Waals surface area contributed by atoms with E-state index in [-0.39, 0.29) is 6.10 Å². The molecule has 2 unspecified atom stereocenters. The number of aliphatic hydroxyl groups excluding tert-OH is 1. The van der Waals surface area contributed by atoms with Crippen molar-refractivity contribution in [3.63, 3.8) is 0 Å². The lowest BCUT2D eigenvalue weighted by Gasteiger charge is -2.17. The highest BCUT2D eigenvalue weighted by atomic mass is 35.5. The molecular weight excluding hydrogens is 184 g/mol. The van der Waals surface area contributed by atoms with Crippen LogP contribution >= 0.6 is 11.6 Å². The molecule has 0 saturated carbocycles. The Balaban J connectivity index is 2.77. The summed E-state index contributed by atoms with van der Waals surface area (Å²) in [5.74, 6) is 0.293. The van der Waals surface area contributed by atoms with Gasteiger partial charge in [0.1, 0.15) is 0 Å². The number of aliphatic hydroxyl groups is 1. The van der Waals surface area contributed by atoms with E-state index < -0.39 is 0 Å². The molecule has 1 rings (SSSR count). The topological polar surface area (TPSA) is 20.2 Å². The summed E-state index contributed by atoms with van der Waals surface area (Å²) < 4.78 is 0. The van der Waals surface area contributed by atoms with Crippen LogP contribution in [0.4, 0.5) is 0 Å². The van der Waals surface area contributed by atoms with Gasteiger partial charge in [0.2, 0.25) is 0 Å². The van der Waals surface area contributed by atoms with E-state index in [2.05, 4.69) is 6.92 Å². The smallest absolute Gasteiger partial charge is 0.0815 e. The molecule has 72 valence electrons. The van der Waals surface area contributed by atoms with Crippen molar-refractivity contribution in [3.05, 3.63) is 34.9 Å². The zero-order valence-electron chi connectivity index (χ0n) is 8.00. The molecule has 0 aliphatic carbocycles. The van der Waals surface area contributed by atoms with Crippen LogP contribution in [0.15, 0.2) is 24.3 Å². The van der Waals surface area contributed by atoms with Crippen molar-refractivity contribution in [2.75, 3.05) is 0 Å². The van der Waals surface area contributed by atoms with Crippen molar-refractivity contribution in [3.8, 4) is 0 Å². The molecule has 1 aromatic rings. The number of hydrogen-bond acceptors (Lipinski definition) is 1. The van der Waals surface area contributed by atoms with Gasteiger partial charge in [0.15, 0.2) is 0 Å². The third kappa shape index (κ3) is 2.71. The van der Waals surface area contributed by atoms with E-state index >= 15 is 0 Å². The maximum absolute atomic E-state index is 9.84. The molecule has 0 aliphatic heterocycles. The number of benzene rings is 1. The standard InChI is InChI=1S/C11H15ClO/c1-3-8(2)11(13)9-4-6-10(12)7-5-9/h4-8,11,13H,3H2,1-2H3. The van der Waals surface area contributed by atoms with Gasteiger partial charge in [-0.05, 0) is 23.6 Å². The molecule has 0 aliphatic rings. The van der Waals surface area contributed by atoms with Gasteiger partial charge < -0.3 is 5.11 Å². The van der Waals surface area contributed by atoms with E-state index in [1.807, 2.05) is 31.2 Å². The highest BCUT2D eigenvalue weighted by Gasteiger charge is 2.13. The first-order valence-electron chi connectivity index (χ1n) is 4.58. The van der Waals surface area contributed by atoms with Crippen LogP contribution in [0.1, 0.15) is 31.9 Å². The lowest BCUT2D eigenvalue weighted by atomic mass is 9.95. The highest BCUT2D eigenvalue weighted by molar-refractivity contribution is 6.30. The Morgan fingerprint density at radius 3 is 2.31 bits per heavy atom. The van der Waals surface area contributed by atoms with Crippen molar-refractivity contribution in [2.24, 2.45) is 5.92 Å². The zero-order valence-corrected chi connectivity index (χ0v) is 8.75. The van der Waals surface area contributed by atoms with Crippen molar-refractivity contribution < 1.29 is 5.11 Å². The Hall–Kier alpha value is -0.530. The third-order valence-corrected chi connectivity index (χ3v) is 2.65. The lowest BCUT2D eigenvalue weighted by molar-refractivity contribution is 0.115. The monoisotopic (exact) mass is 198 g/mol. The maximum atomic E-state index is 9.84. The largest absolute Gasteiger partial charge is 0.388 e. The molecule has 1 nitrogen and oxygen atoms in total. The fraction of sp³-hybridized carbons (Fsp3) is 0.455. The van der Waals surface area contributed by atoms with Gasteiger partial charge in [0, 0.05) is 5.02 Å². The first kappa shape index (κ1) is 10.6. The second-order valence-corrected chi connectivity index (χ2v) is 3.82. The zero-order chi connectivity index (χ0) is 9.84. The normalized spacial score (nSPS) is 15.4. The molecular formula is C11H15ClO. The Bertz CT molecular complexity index is 255. The fourth-order valence-corrected chi connectivity index (χ4v) is 1.34. The minimum atomic E-state index is -0.373. The average molecular weight is 199 g/mol. The van der Waals surface area contributed by atoms with E-state index in [0.717, 1.165) is 12.0 Å². The molecule has 0 saturated heterocycles. The van der Waals surface area contributed by atoms with Crippen LogP contribution in [0.3, 0.4) is 0 Å². The predicted molar refractivity (Wildman–Crippen MR) is 55.9 cm³/mol. The van der Waals surface area contributed by atoms with Crippen molar-refractivity contribution in [2.45, 2.75) is 26.4 Å². The molecule has 0 radical (unpaired) electrons. The van der Waals surface area contributed by atoms with Gasteiger partial charge in [-0.25, -0.2) is 0 Å². The quantitative estimate of drug-likeness (QED) is 0.789. The van der Waals surface area contributed by atoms with Gasteiger partial charge in [-0.3, -0.25) is 0 Å². The lowest BCUT2D eigenvalue weighted by Crippen LogP contribution is -2.07. The van der Waals surface area contributed by atoms with Crippen LogP contribution in [0, 0.1) is 5.92 Å². The fourth-order valence-electron chi connectivity index (χ4n) is 1.21. The van der Waals surface area contributed by atoms with Gasteiger partial charge in [-0.2, -0.15) is 0 Å². The minimum absolute atomic E-state index is 0.293. The van der Waals surface area contributed by atoms with E-state index in [0.29, 0.717) is 10.9 Å². The summed E-state index contributed by atoms with van der Waals surface area (Å²) in [6.45, 7) is 4.11. The van der Waals surface area contributed by atoms with Gasteiger partial charge in [0.25, 0.3) is 0 Å². The number of rotatable bonds is 3. The number of halogens is 1. The third-order valence-electron chi connectivity index (χ3n) is 2.39.